The maximum Gasteiger partial charge on any atom is 0.227 e. The van der Waals surface area contributed by atoms with Gasteiger partial charge in [-0.15, -0.1) is 0 Å². The van der Waals surface area contributed by atoms with E-state index in [2.05, 4.69) is 0 Å². The Kier molecular flexibility index (Phi) is 4.52. The monoisotopic (exact) mass is 290 g/mol. The predicted octanol–water partition coefficient (Wildman–Crippen LogP) is 2.75. The summed E-state index contributed by atoms with van der Waals surface area (Å²) in [4.78, 5) is 13.6. The second-order valence-electron chi connectivity index (χ2n) is 4.87. The normalized spacial score (nSPS) is 10.4. The number of halogens is 2. The lowest BCUT2D eigenvalue weighted by Crippen LogP contribution is -2.28. The van der Waals surface area contributed by atoms with Gasteiger partial charge in [0.1, 0.15) is 0 Å². The van der Waals surface area contributed by atoms with Gasteiger partial charge < -0.3 is 10.6 Å². The van der Waals surface area contributed by atoms with Crippen LogP contribution < -0.4 is 5.73 Å². The molecule has 5 heteroatoms. The molecule has 0 atom stereocenters. The topological polar surface area (TPSA) is 46.3 Å². The molecule has 21 heavy (non-hydrogen) atoms. The van der Waals surface area contributed by atoms with E-state index in [0.717, 1.165) is 17.7 Å². The first-order chi connectivity index (χ1) is 9.97. The van der Waals surface area contributed by atoms with E-state index in [4.69, 9.17) is 5.73 Å². The summed E-state index contributed by atoms with van der Waals surface area (Å²) >= 11 is 0. The van der Waals surface area contributed by atoms with Crippen LogP contribution in [0.1, 0.15) is 11.1 Å². The zero-order valence-corrected chi connectivity index (χ0v) is 11.6. The fourth-order valence-electron chi connectivity index (χ4n) is 1.99. The van der Waals surface area contributed by atoms with E-state index in [0.29, 0.717) is 11.3 Å². The average Bonchev–Trinajstić information content (AvgIpc) is 2.45. The number of nitrogen functional groups attached to an aromatic ring is 1. The number of nitrogens with zero attached hydrogens (tertiary/aromatic N) is 1. The van der Waals surface area contributed by atoms with E-state index in [9.17, 15) is 13.6 Å². The van der Waals surface area contributed by atoms with Crippen LogP contribution in [0.3, 0.4) is 0 Å². The van der Waals surface area contributed by atoms with Crippen molar-refractivity contribution in [2.75, 3.05) is 12.8 Å². The third-order valence-corrected chi connectivity index (χ3v) is 3.23. The van der Waals surface area contributed by atoms with Crippen LogP contribution in [0.5, 0.6) is 0 Å². The average molecular weight is 290 g/mol. The molecule has 0 radical (unpaired) electrons. The molecular weight excluding hydrogens is 274 g/mol. The van der Waals surface area contributed by atoms with Crippen molar-refractivity contribution in [3.8, 4) is 0 Å². The minimum Gasteiger partial charge on any atom is -0.398 e. The van der Waals surface area contributed by atoms with Gasteiger partial charge in [0.25, 0.3) is 0 Å². The van der Waals surface area contributed by atoms with Crippen molar-refractivity contribution in [2.24, 2.45) is 0 Å². The fourth-order valence-corrected chi connectivity index (χ4v) is 1.99. The summed E-state index contributed by atoms with van der Waals surface area (Å²) in [5, 5.41) is 0. The summed E-state index contributed by atoms with van der Waals surface area (Å²) in [6.07, 6.45) is 0.173. The van der Waals surface area contributed by atoms with Crippen molar-refractivity contribution in [3.05, 3.63) is 65.2 Å². The van der Waals surface area contributed by atoms with Gasteiger partial charge in [-0.1, -0.05) is 24.3 Å². The molecular formula is C16H16F2N2O. The van der Waals surface area contributed by atoms with E-state index in [-0.39, 0.29) is 18.9 Å². The lowest BCUT2D eigenvalue weighted by molar-refractivity contribution is -0.129. The summed E-state index contributed by atoms with van der Waals surface area (Å²) in [6, 6.07) is 10.7. The lowest BCUT2D eigenvalue weighted by Gasteiger charge is -2.18. The molecule has 0 saturated heterocycles. The van der Waals surface area contributed by atoms with Crippen molar-refractivity contribution in [2.45, 2.75) is 13.0 Å². The summed E-state index contributed by atoms with van der Waals surface area (Å²) in [7, 11) is 1.61. The molecule has 0 aliphatic heterocycles. The molecule has 0 heterocycles. The number of para-hydroxylation sites is 1. The molecule has 0 aliphatic carbocycles. The number of benzene rings is 2. The van der Waals surface area contributed by atoms with Crippen LogP contribution in [-0.4, -0.2) is 17.9 Å². The Bertz CT molecular complexity index is 658. The van der Waals surface area contributed by atoms with Gasteiger partial charge >= 0.3 is 0 Å². The second kappa shape index (κ2) is 6.35. The first-order valence-electron chi connectivity index (χ1n) is 6.48. The number of anilines is 1. The molecule has 2 N–H and O–H groups in total. The Morgan fingerprint density at radius 1 is 1.14 bits per heavy atom. The van der Waals surface area contributed by atoms with E-state index in [1.165, 1.54) is 11.0 Å². The highest BCUT2D eigenvalue weighted by Crippen LogP contribution is 2.14. The minimum absolute atomic E-state index is 0.141. The molecule has 0 fully saturated rings. The summed E-state index contributed by atoms with van der Waals surface area (Å²) in [5.74, 6) is -1.96. The van der Waals surface area contributed by atoms with Gasteiger partial charge in [-0.3, -0.25) is 4.79 Å². The number of carbonyl (C=O) groups excluding carboxylic acids is 1. The maximum atomic E-state index is 13.1. The quantitative estimate of drug-likeness (QED) is 0.880. The van der Waals surface area contributed by atoms with E-state index in [1.807, 2.05) is 6.07 Å². The third kappa shape index (κ3) is 3.78. The van der Waals surface area contributed by atoms with Crippen LogP contribution in [0.4, 0.5) is 14.5 Å². The van der Waals surface area contributed by atoms with Crippen molar-refractivity contribution >= 4 is 11.6 Å². The van der Waals surface area contributed by atoms with Crippen LogP contribution in [-0.2, 0) is 17.8 Å². The molecule has 2 aromatic rings. The third-order valence-electron chi connectivity index (χ3n) is 3.23. The Morgan fingerprint density at radius 3 is 2.52 bits per heavy atom. The number of nitrogens with two attached hydrogens (primary N) is 1. The number of carbonyl (C=O) groups is 1. The highest BCUT2D eigenvalue weighted by molar-refractivity contribution is 5.80. The molecule has 0 bridgehead atoms. The first-order valence-corrected chi connectivity index (χ1v) is 6.48. The predicted molar refractivity (Wildman–Crippen MR) is 77.4 cm³/mol. The zero-order valence-electron chi connectivity index (χ0n) is 11.6. The Labute approximate surface area is 122 Å². The second-order valence-corrected chi connectivity index (χ2v) is 4.87. The van der Waals surface area contributed by atoms with Crippen molar-refractivity contribution < 1.29 is 13.6 Å². The van der Waals surface area contributed by atoms with Crippen molar-refractivity contribution in [1.29, 1.82) is 0 Å². The van der Waals surface area contributed by atoms with E-state index in [1.54, 1.807) is 25.2 Å². The highest BCUT2D eigenvalue weighted by Gasteiger charge is 2.12. The maximum absolute atomic E-state index is 13.1. The highest BCUT2D eigenvalue weighted by atomic mass is 19.2. The molecule has 0 unspecified atom stereocenters. The van der Waals surface area contributed by atoms with Crippen LogP contribution in [0, 0.1) is 11.6 Å². The number of rotatable bonds is 4. The van der Waals surface area contributed by atoms with Gasteiger partial charge in [-0.2, -0.15) is 0 Å². The van der Waals surface area contributed by atoms with Crippen molar-refractivity contribution in [1.82, 2.24) is 4.90 Å². The van der Waals surface area contributed by atoms with Gasteiger partial charge in [0.05, 0.1) is 6.42 Å². The Hall–Kier alpha value is -2.43. The molecule has 3 nitrogen and oxygen atoms in total. The van der Waals surface area contributed by atoms with E-state index < -0.39 is 11.6 Å². The Balaban J connectivity index is 2.02. The van der Waals surface area contributed by atoms with Crippen LogP contribution in [0.2, 0.25) is 0 Å². The number of likely N-dealkylation sites (N-methyl/N-ethyl adjacent to an activating group) is 1. The molecule has 0 aromatic heterocycles. The van der Waals surface area contributed by atoms with Gasteiger partial charge in [0.2, 0.25) is 5.91 Å². The van der Waals surface area contributed by atoms with Crippen molar-refractivity contribution in [3.63, 3.8) is 0 Å². The SMILES string of the molecule is CN(Cc1ccc(F)c(F)c1)C(=O)Cc1ccccc1N. The standard InChI is InChI=1S/C16H16F2N2O/c1-20(10-11-6-7-13(17)14(18)8-11)16(21)9-12-4-2-3-5-15(12)19/h2-8H,9-10,19H2,1H3. The van der Waals surface area contributed by atoms with Gasteiger partial charge in [0.15, 0.2) is 11.6 Å². The molecule has 0 spiro atoms. The number of hydrogen-bond acceptors (Lipinski definition) is 2. The van der Waals surface area contributed by atoms with Crippen LogP contribution in [0.25, 0.3) is 0 Å². The molecule has 1 amide bonds. The molecule has 2 rings (SSSR count). The minimum atomic E-state index is -0.916. The molecule has 0 aliphatic rings. The van der Waals surface area contributed by atoms with Crippen LogP contribution >= 0.6 is 0 Å². The molecule has 2 aromatic carbocycles. The lowest BCUT2D eigenvalue weighted by atomic mass is 10.1. The number of amides is 1. The smallest absolute Gasteiger partial charge is 0.227 e. The van der Waals surface area contributed by atoms with Crippen LogP contribution in [0.15, 0.2) is 42.5 Å². The summed E-state index contributed by atoms with van der Waals surface area (Å²) < 4.78 is 26.0. The summed E-state index contributed by atoms with van der Waals surface area (Å²) in [5.41, 5.74) is 7.64. The van der Waals surface area contributed by atoms with Gasteiger partial charge in [0, 0.05) is 19.3 Å². The first kappa shape index (κ1) is 15.0. The van der Waals surface area contributed by atoms with Gasteiger partial charge in [-0.25, -0.2) is 8.78 Å². The molecule has 0 saturated carbocycles. The zero-order chi connectivity index (χ0) is 15.4. The fraction of sp³-hybridized carbons (Fsp3) is 0.188. The Morgan fingerprint density at radius 2 is 1.86 bits per heavy atom. The number of hydrogen-bond donors (Lipinski definition) is 1. The van der Waals surface area contributed by atoms with Gasteiger partial charge in [-0.05, 0) is 29.3 Å². The largest absolute Gasteiger partial charge is 0.398 e. The molecule has 110 valence electrons. The summed E-state index contributed by atoms with van der Waals surface area (Å²) in [6.45, 7) is 0.211. The van der Waals surface area contributed by atoms with E-state index >= 15 is 0 Å².